The third-order valence-electron chi connectivity index (χ3n) is 3.92. The summed E-state index contributed by atoms with van der Waals surface area (Å²) in [4.78, 5) is 12.1. The van der Waals surface area contributed by atoms with Crippen LogP contribution in [0.1, 0.15) is 13.8 Å². The predicted molar refractivity (Wildman–Crippen MR) is 113 cm³/mol. The third kappa shape index (κ3) is 5.36. The molecule has 1 heterocycles. The van der Waals surface area contributed by atoms with Crippen molar-refractivity contribution in [2.75, 3.05) is 17.7 Å². The van der Waals surface area contributed by atoms with Gasteiger partial charge < -0.3 is 14.6 Å². The Labute approximate surface area is 169 Å². The zero-order valence-corrected chi connectivity index (χ0v) is 17.1. The summed E-state index contributed by atoms with van der Waals surface area (Å²) in [5.41, 5.74) is 1.74. The summed E-state index contributed by atoms with van der Waals surface area (Å²) < 4.78 is 7.61. The van der Waals surface area contributed by atoms with Gasteiger partial charge in [-0.1, -0.05) is 43.8 Å². The van der Waals surface area contributed by atoms with Crippen LogP contribution in [0.25, 0.3) is 11.4 Å². The first-order valence-corrected chi connectivity index (χ1v) is 10.1. The fourth-order valence-corrected chi connectivity index (χ4v) is 3.21. The van der Waals surface area contributed by atoms with Crippen molar-refractivity contribution in [1.82, 2.24) is 14.8 Å². The molecule has 0 spiro atoms. The minimum absolute atomic E-state index is 0.0765. The number of carbonyl (C=O) groups is 1. The van der Waals surface area contributed by atoms with Gasteiger partial charge in [-0.15, -0.1) is 10.2 Å². The molecule has 6 nitrogen and oxygen atoms in total. The van der Waals surface area contributed by atoms with Gasteiger partial charge in [0.15, 0.2) is 11.0 Å². The summed E-state index contributed by atoms with van der Waals surface area (Å²) in [6.07, 6.45) is 0. The van der Waals surface area contributed by atoms with E-state index in [-0.39, 0.29) is 11.7 Å². The van der Waals surface area contributed by atoms with Gasteiger partial charge in [-0.2, -0.15) is 0 Å². The van der Waals surface area contributed by atoms with Gasteiger partial charge in [0.1, 0.15) is 5.75 Å². The van der Waals surface area contributed by atoms with Gasteiger partial charge in [0.05, 0.1) is 12.4 Å². The number of aromatic nitrogens is 3. The quantitative estimate of drug-likeness (QED) is 0.577. The Balaban J connectivity index is 1.59. The average Bonchev–Trinajstić information content (AvgIpc) is 3.06. The van der Waals surface area contributed by atoms with E-state index in [1.54, 1.807) is 0 Å². The van der Waals surface area contributed by atoms with E-state index in [1.807, 2.05) is 66.2 Å². The summed E-state index contributed by atoms with van der Waals surface area (Å²) in [6.45, 7) is 4.93. The van der Waals surface area contributed by atoms with Crippen LogP contribution in [-0.4, -0.2) is 33.0 Å². The largest absolute Gasteiger partial charge is 0.493 e. The van der Waals surface area contributed by atoms with E-state index < -0.39 is 0 Å². The highest BCUT2D eigenvalue weighted by Gasteiger charge is 2.13. The fraction of sp³-hybridized carbons (Fsp3) is 0.286. The smallest absolute Gasteiger partial charge is 0.234 e. The second kappa shape index (κ2) is 9.41. The Morgan fingerprint density at radius 1 is 1.11 bits per heavy atom. The van der Waals surface area contributed by atoms with Crippen LogP contribution in [0.4, 0.5) is 5.69 Å². The summed E-state index contributed by atoms with van der Waals surface area (Å²) >= 11 is 1.36. The monoisotopic (exact) mass is 396 g/mol. The van der Waals surface area contributed by atoms with Crippen LogP contribution < -0.4 is 10.1 Å². The van der Waals surface area contributed by atoms with Crippen molar-refractivity contribution in [2.45, 2.75) is 19.0 Å². The lowest BCUT2D eigenvalue weighted by molar-refractivity contribution is -0.113. The van der Waals surface area contributed by atoms with E-state index >= 15 is 0 Å². The Morgan fingerprint density at radius 3 is 2.50 bits per heavy atom. The van der Waals surface area contributed by atoms with E-state index in [1.165, 1.54) is 11.8 Å². The molecule has 1 aromatic heterocycles. The lowest BCUT2D eigenvalue weighted by atomic mass is 10.2. The summed E-state index contributed by atoms with van der Waals surface area (Å²) in [7, 11) is 1.90. The number of benzene rings is 2. The van der Waals surface area contributed by atoms with E-state index in [4.69, 9.17) is 4.74 Å². The number of thioether (sulfide) groups is 1. The Bertz CT molecular complexity index is 908. The normalized spacial score (nSPS) is 10.9. The third-order valence-corrected chi connectivity index (χ3v) is 4.94. The van der Waals surface area contributed by atoms with E-state index in [0.717, 1.165) is 22.8 Å². The molecule has 0 saturated carbocycles. The van der Waals surface area contributed by atoms with Crippen molar-refractivity contribution < 1.29 is 9.53 Å². The number of para-hydroxylation sites is 1. The summed E-state index contributed by atoms with van der Waals surface area (Å²) in [5, 5.41) is 12.0. The van der Waals surface area contributed by atoms with Crippen molar-refractivity contribution in [3.63, 3.8) is 0 Å². The molecule has 0 radical (unpaired) electrons. The number of amides is 1. The number of ether oxygens (including phenoxy) is 1. The first-order valence-electron chi connectivity index (χ1n) is 9.13. The van der Waals surface area contributed by atoms with Gasteiger partial charge in [0, 0.05) is 18.3 Å². The summed E-state index contributed by atoms with van der Waals surface area (Å²) in [6, 6.07) is 17.2. The molecule has 1 amide bonds. The maximum Gasteiger partial charge on any atom is 0.234 e. The molecule has 0 saturated heterocycles. The summed E-state index contributed by atoms with van der Waals surface area (Å²) in [5.74, 6) is 2.26. The van der Waals surface area contributed by atoms with Crippen molar-refractivity contribution in [2.24, 2.45) is 13.0 Å². The van der Waals surface area contributed by atoms with Crippen molar-refractivity contribution in [3.8, 4) is 17.1 Å². The van der Waals surface area contributed by atoms with E-state index in [0.29, 0.717) is 17.7 Å². The number of carbonyl (C=O) groups excluding carboxylic acids is 1. The van der Waals surface area contributed by atoms with E-state index in [2.05, 4.69) is 29.4 Å². The Kier molecular flexibility index (Phi) is 6.71. The van der Waals surface area contributed by atoms with Gasteiger partial charge in [-0.25, -0.2) is 0 Å². The second-order valence-corrected chi connectivity index (χ2v) is 7.74. The highest BCUT2D eigenvalue weighted by molar-refractivity contribution is 7.99. The zero-order chi connectivity index (χ0) is 19.9. The first kappa shape index (κ1) is 19.9. The minimum Gasteiger partial charge on any atom is -0.493 e. The van der Waals surface area contributed by atoms with Crippen LogP contribution in [-0.2, 0) is 11.8 Å². The fourth-order valence-electron chi connectivity index (χ4n) is 2.50. The van der Waals surface area contributed by atoms with Crippen LogP contribution in [0.5, 0.6) is 5.75 Å². The van der Waals surface area contributed by atoms with Crippen molar-refractivity contribution in [3.05, 3.63) is 54.6 Å². The molecular formula is C21H24N4O2S. The molecule has 2 aromatic carbocycles. The predicted octanol–water partition coefficient (Wildman–Crippen LogP) is 4.25. The molecule has 0 aliphatic rings. The van der Waals surface area contributed by atoms with Gasteiger partial charge in [0.25, 0.3) is 0 Å². The number of nitrogens with one attached hydrogen (secondary N) is 1. The van der Waals surface area contributed by atoms with Gasteiger partial charge in [0.2, 0.25) is 5.91 Å². The van der Waals surface area contributed by atoms with Gasteiger partial charge >= 0.3 is 0 Å². The topological polar surface area (TPSA) is 69.0 Å². The lowest BCUT2D eigenvalue weighted by Gasteiger charge is -2.09. The molecule has 3 aromatic rings. The molecular weight excluding hydrogens is 372 g/mol. The number of nitrogens with zero attached hydrogens (tertiary/aromatic N) is 3. The Morgan fingerprint density at radius 2 is 1.82 bits per heavy atom. The SMILES string of the molecule is CC(C)COc1ccc(-c2nnc(SCC(=O)Nc3ccccc3)n2C)cc1. The second-order valence-electron chi connectivity index (χ2n) is 6.80. The highest BCUT2D eigenvalue weighted by Crippen LogP contribution is 2.24. The van der Waals surface area contributed by atoms with Crippen molar-refractivity contribution >= 4 is 23.4 Å². The maximum atomic E-state index is 12.1. The van der Waals surface area contributed by atoms with Crippen LogP contribution in [0.2, 0.25) is 0 Å². The molecule has 0 bridgehead atoms. The molecule has 1 N–H and O–H groups in total. The first-order chi connectivity index (χ1) is 13.5. The standard InChI is InChI=1S/C21H24N4O2S/c1-15(2)13-27-18-11-9-16(10-12-18)20-23-24-21(25(20)3)28-14-19(26)22-17-7-5-4-6-8-17/h4-12,15H,13-14H2,1-3H3,(H,22,26). The molecule has 146 valence electrons. The van der Waals surface area contributed by atoms with Crippen LogP contribution in [0.15, 0.2) is 59.8 Å². The molecule has 7 heteroatoms. The molecule has 0 aliphatic carbocycles. The molecule has 0 aliphatic heterocycles. The number of anilines is 1. The molecule has 0 unspecified atom stereocenters. The molecule has 3 rings (SSSR count). The van der Waals surface area contributed by atoms with Crippen LogP contribution >= 0.6 is 11.8 Å². The minimum atomic E-state index is -0.0765. The number of hydrogen-bond acceptors (Lipinski definition) is 5. The van der Waals surface area contributed by atoms with Gasteiger partial charge in [-0.05, 0) is 42.3 Å². The highest BCUT2D eigenvalue weighted by atomic mass is 32.2. The molecule has 28 heavy (non-hydrogen) atoms. The number of hydrogen-bond donors (Lipinski definition) is 1. The molecule has 0 atom stereocenters. The Hall–Kier alpha value is -2.80. The molecule has 0 fully saturated rings. The van der Waals surface area contributed by atoms with Gasteiger partial charge in [-0.3, -0.25) is 4.79 Å². The van der Waals surface area contributed by atoms with Crippen LogP contribution in [0.3, 0.4) is 0 Å². The van der Waals surface area contributed by atoms with Crippen molar-refractivity contribution in [1.29, 1.82) is 0 Å². The van der Waals surface area contributed by atoms with Crippen LogP contribution in [0, 0.1) is 5.92 Å². The average molecular weight is 397 g/mol. The maximum absolute atomic E-state index is 12.1. The zero-order valence-electron chi connectivity index (χ0n) is 16.3. The lowest BCUT2D eigenvalue weighted by Crippen LogP contribution is -2.14. The van der Waals surface area contributed by atoms with E-state index in [9.17, 15) is 4.79 Å². The number of rotatable bonds is 8.